The lowest BCUT2D eigenvalue weighted by Gasteiger charge is -2.08. The summed E-state index contributed by atoms with van der Waals surface area (Å²) in [6.45, 7) is 2.04. The molecule has 0 aliphatic rings. The van der Waals surface area contributed by atoms with Gasteiger partial charge in [0.05, 0.1) is 0 Å². The maximum absolute atomic E-state index is 11.5. The van der Waals surface area contributed by atoms with Gasteiger partial charge in [-0.15, -0.1) is 0 Å². The summed E-state index contributed by atoms with van der Waals surface area (Å²) >= 11 is 2.26. The maximum Gasteiger partial charge on any atom is 0.269 e. The molecule has 0 spiro atoms. The molecule has 2 rings (SSSR count). The Labute approximate surface area is 125 Å². The Kier molecular flexibility index (Phi) is 4.36. The summed E-state index contributed by atoms with van der Waals surface area (Å²) in [4.78, 5) is 15.5. The van der Waals surface area contributed by atoms with Gasteiger partial charge in [0.25, 0.3) is 5.91 Å². The molecule has 0 atom stereocenters. The molecule has 0 radical (unpaired) electrons. The fourth-order valence-corrected chi connectivity index (χ4v) is 1.99. The molecular formula is C14H13IN2O2. The second-order valence-electron chi connectivity index (χ2n) is 3.97. The molecule has 0 unspecified atom stereocenters. The van der Waals surface area contributed by atoms with Crippen molar-refractivity contribution < 1.29 is 9.53 Å². The third-order valence-electron chi connectivity index (χ3n) is 2.57. The number of benzene rings is 1. The second kappa shape index (κ2) is 6.01. The number of hydrogen-bond acceptors (Lipinski definition) is 3. The van der Waals surface area contributed by atoms with Crippen LogP contribution in [0.2, 0.25) is 0 Å². The number of carbonyl (C=O) groups excluding carboxylic acids is 1. The number of ether oxygens (including phenoxy) is 1. The lowest BCUT2D eigenvalue weighted by molar-refractivity contribution is 0.0958. The summed E-state index contributed by atoms with van der Waals surface area (Å²) < 4.78 is 6.86. The fraction of sp³-hybridized carbons (Fsp3) is 0.143. The van der Waals surface area contributed by atoms with Gasteiger partial charge in [-0.1, -0.05) is 6.07 Å². The van der Waals surface area contributed by atoms with E-state index >= 15 is 0 Å². The van der Waals surface area contributed by atoms with Crippen LogP contribution < -0.4 is 10.1 Å². The molecule has 0 fully saturated rings. The second-order valence-corrected chi connectivity index (χ2v) is 5.13. The Morgan fingerprint density at radius 1 is 1.26 bits per heavy atom. The molecule has 4 nitrogen and oxygen atoms in total. The molecule has 0 saturated heterocycles. The number of hydrogen-bond donors (Lipinski definition) is 1. The van der Waals surface area contributed by atoms with Crippen LogP contribution in [0.5, 0.6) is 11.5 Å². The van der Waals surface area contributed by atoms with Crippen molar-refractivity contribution >= 4 is 28.5 Å². The van der Waals surface area contributed by atoms with E-state index in [4.69, 9.17) is 4.74 Å². The van der Waals surface area contributed by atoms with Crippen LogP contribution in [-0.2, 0) is 0 Å². The van der Waals surface area contributed by atoms with Gasteiger partial charge >= 0.3 is 0 Å². The number of rotatable bonds is 3. The molecule has 0 aliphatic carbocycles. The zero-order valence-electron chi connectivity index (χ0n) is 10.6. The van der Waals surface area contributed by atoms with E-state index < -0.39 is 0 Å². The molecule has 1 aromatic heterocycles. The molecule has 1 amide bonds. The van der Waals surface area contributed by atoms with Gasteiger partial charge in [0.1, 0.15) is 17.2 Å². The predicted molar refractivity (Wildman–Crippen MR) is 81.6 cm³/mol. The van der Waals surface area contributed by atoms with E-state index in [1.54, 1.807) is 25.4 Å². The molecular weight excluding hydrogens is 355 g/mol. The lowest BCUT2D eigenvalue weighted by atomic mass is 10.2. The van der Waals surface area contributed by atoms with Crippen molar-refractivity contribution in [2.24, 2.45) is 0 Å². The number of aryl methyl sites for hydroxylation is 1. The van der Waals surface area contributed by atoms with Gasteiger partial charge in [-0.25, -0.2) is 0 Å². The fourth-order valence-electron chi connectivity index (χ4n) is 1.50. The van der Waals surface area contributed by atoms with Gasteiger partial charge in [-0.2, -0.15) is 0 Å². The number of amides is 1. The first kappa shape index (κ1) is 13.8. The number of pyridine rings is 1. The van der Waals surface area contributed by atoms with Crippen molar-refractivity contribution in [1.82, 2.24) is 10.3 Å². The van der Waals surface area contributed by atoms with Crippen LogP contribution in [0.25, 0.3) is 0 Å². The first-order valence-electron chi connectivity index (χ1n) is 5.72. The average molecular weight is 368 g/mol. The lowest BCUT2D eigenvalue weighted by Crippen LogP contribution is -2.18. The zero-order valence-corrected chi connectivity index (χ0v) is 12.8. The topological polar surface area (TPSA) is 51.2 Å². The van der Waals surface area contributed by atoms with Gasteiger partial charge in [-0.05, 0) is 53.3 Å². The van der Waals surface area contributed by atoms with Crippen molar-refractivity contribution in [3.8, 4) is 11.5 Å². The minimum absolute atomic E-state index is 0.232. The highest BCUT2D eigenvalue weighted by Gasteiger charge is 2.07. The number of nitrogens with one attached hydrogen (secondary N) is 1. The highest BCUT2D eigenvalue weighted by Crippen LogP contribution is 2.24. The van der Waals surface area contributed by atoms with Crippen LogP contribution in [0.1, 0.15) is 16.1 Å². The van der Waals surface area contributed by atoms with Crippen molar-refractivity contribution in [2.75, 3.05) is 7.05 Å². The highest BCUT2D eigenvalue weighted by atomic mass is 127. The van der Waals surface area contributed by atoms with E-state index in [9.17, 15) is 4.79 Å². The van der Waals surface area contributed by atoms with E-state index in [0.29, 0.717) is 11.4 Å². The largest absolute Gasteiger partial charge is 0.457 e. The van der Waals surface area contributed by atoms with Gasteiger partial charge < -0.3 is 10.1 Å². The smallest absolute Gasteiger partial charge is 0.269 e. The normalized spacial score (nSPS) is 10.1. The van der Waals surface area contributed by atoms with Crippen molar-refractivity contribution in [3.05, 3.63) is 51.4 Å². The Morgan fingerprint density at radius 3 is 2.68 bits per heavy atom. The van der Waals surface area contributed by atoms with Crippen molar-refractivity contribution in [2.45, 2.75) is 6.92 Å². The molecule has 0 aliphatic heterocycles. The first-order valence-corrected chi connectivity index (χ1v) is 6.80. The van der Waals surface area contributed by atoms with Gasteiger partial charge in [0.2, 0.25) is 0 Å². The van der Waals surface area contributed by atoms with Crippen LogP contribution in [0.4, 0.5) is 0 Å². The van der Waals surface area contributed by atoms with Gasteiger partial charge in [0, 0.05) is 22.9 Å². The molecule has 19 heavy (non-hydrogen) atoms. The molecule has 1 aromatic carbocycles. The van der Waals surface area contributed by atoms with Crippen molar-refractivity contribution in [1.29, 1.82) is 0 Å². The first-order chi connectivity index (χ1) is 9.10. The average Bonchev–Trinajstić information content (AvgIpc) is 2.42. The molecule has 98 valence electrons. The summed E-state index contributed by atoms with van der Waals surface area (Å²) in [6, 6.07) is 9.19. The Balaban J connectivity index is 2.23. The zero-order chi connectivity index (χ0) is 13.8. The van der Waals surface area contributed by atoms with Gasteiger partial charge in [0.15, 0.2) is 0 Å². The third kappa shape index (κ3) is 3.44. The Bertz CT molecular complexity index is 614. The summed E-state index contributed by atoms with van der Waals surface area (Å²) in [5.41, 5.74) is 1.54. The molecule has 0 bridgehead atoms. The molecule has 0 saturated carbocycles. The Morgan fingerprint density at radius 2 is 2.00 bits per heavy atom. The van der Waals surface area contributed by atoms with Crippen LogP contribution >= 0.6 is 22.6 Å². The van der Waals surface area contributed by atoms with Crippen LogP contribution in [-0.4, -0.2) is 17.9 Å². The van der Waals surface area contributed by atoms with E-state index in [1.165, 1.54) is 5.56 Å². The SMILES string of the molecule is CNC(=O)c1cc(Oc2ccc(C)c(I)c2)ccn1. The van der Waals surface area contributed by atoms with Gasteiger partial charge in [-0.3, -0.25) is 9.78 Å². The maximum atomic E-state index is 11.5. The predicted octanol–water partition coefficient (Wildman–Crippen LogP) is 3.15. The summed E-state index contributed by atoms with van der Waals surface area (Å²) in [7, 11) is 1.57. The number of aromatic nitrogens is 1. The van der Waals surface area contributed by atoms with Crippen molar-refractivity contribution in [3.63, 3.8) is 0 Å². The van der Waals surface area contributed by atoms with E-state index in [0.717, 1.165) is 9.32 Å². The minimum Gasteiger partial charge on any atom is -0.457 e. The van der Waals surface area contributed by atoms with E-state index in [-0.39, 0.29) is 5.91 Å². The summed E-state index contributed by atoms with van der Waals surface area (Å²) in [5.74, 6) is 1.10. The van der Waals surface area contributed by atoms with Crippen LogP contribution in [0.15, 0.2) is 36.5 Å². The summed E-state index contributed by atoms with van der Waals surface area (Å²) in [5, 5.41) is 2.53. The number of halogens is 1. The molecule has 5 heteroatoms. The standard InChI is InChI=1S/C14H13IN2O2/c1-9-3-4-10(7-12(9)15)19-11-5-6-17-13(8-11)14(18)16-2/h3-8H,1-2H3,(H,16,18). The van der Waals surface area contributed by atoms with Crippen LogP contribution in [0, 0.1) is 10.5 Å². The molecule has 1 heterocycles. The van der Waals surface area contributed by atoms with E-state index in [1.807, 2.05) is 25.1 Å². The minimum atomic E-state index is -0.232. The summed E-state index contributed by atoms with van der Waals surface area (Å²) in [6.07, 6.45) is 1.55. The third-order valence-corrected chi connectivity index (χ3v) is 3.73. The molecule has 2 aromatic rings. The number of carbonyl (C=O) groups is 1. The molecule has 1 N–H and O–H groups in total. The quantitative estimate of drug-likeness (QED) is 0.847. The number of nitrogens with zero attached hydrogens (tertiary/aromatic N) is 1. The monoisotopic (exact) mass is 368 g/mol. The highest BCUT2D eigenvalue weighted by molar-refractivity contribution is 14.1. The van der Waals surface area contributed by atoms with Crippen LogP contribution in [0.3, 0.4) is 0 Å². The Hall–Kier alpha value is -1.63. The van der Waals surface area contributed by atoms with E-state index in [2.05, 4.69) is 32.9 Å².